The summed E-state index contributed by atoms with van der Waals surface area (Å²) in [7, 11) is 3.10. The Hall–Kier alpha value is -3.39. The molecule has 0 bridgehead atoms. The maximum absolute atomic E-state index is 13.8. The zero-order valence-corrected chi connectivity index (χ0v) is 20.2. The van der Waals surface area contributed by atoms with Crippen molar-refractivity contribution >= 4 is 28.8 Å². The van der Waals surface area contributed by atoms with E-state index in [1.807, 2.05) is 17.5 Å². The Bertz CT molecular complexity index is 1100. The number of anilines is 1. The van der Waals surface area contributed by atoms with Crippen LogP contribution in [0.1, 0.15) is 53.5 Å². The van der Waals surface area contributed by atoms with Gasteiger partial charge in [-0.15, -0.1) is 11.3 Å². The number of methoxy groups -OCH3 is 2. The van der Waals surface area contributed by atoms with Crippen LogP contribution in [0.2, 0.25) is 0 Å². The number of nitrogens with zero attached hydrogens (tertiary/aromatic N) is 2. The minimum Gasteiger partial charge on any atom is -0.493 e. The standard InChI is InChI=1S/C26H29N3O4S/c1-32-21-14-13-19(17-22(21)33-2)29(26(31)20-11-6-7-15-27-20)24(23-12-8-16-34-23)25(30)28-18-9-4-3-5-10-18/h6-8,11-18,24H,3-5,9-10H2,1-2H3,(H,28,30)/t24-/m1/s1. The summed E-state index contributed by atoms with van der Waals surface area (Å²) in [6.45, 7) is 0. The number of amides is 2. The molecule has 1 aliphatic carbocycles. The molecule has 178 valence electrons. The molecule has 1 saturated carbocycles. The molecule has 8 heteroatoms. The van der Waals surface area contributed by atoms with Crippen LogP contribution in [0.5, 0.6) is 11.5 Å². The van der Waals surface area contributed by atoms with Gasteiger partial charge >= 0.3 is 0 Å². The van der Waals surface area contributed by atoms with Crippen molar-refractivity contribution in [3.8, 4) is 11.5 Å². The van der Waals surface area contributed by atoms with Crippen molar-refractivity contribution < 1.29 is 19.1 Å². The fourth-order valence-corrected chi connectivity index (χ4v) is 5.13. The Morgan fingerprint density at radius 3 is 2.47 bits per heavy atom. The van der Waals surface area contributed by atoms with E-state index >= 15 is 0 Å². The lowest BCUT2D eigenvalue weighted by atomic mass is 9.95. The highest BCUT2D eigenvalue weighted by molar-refractivity contribution is 7.10. The van der Waals surface area contributed by atoms with E-state index in [1.165, 1.54) is 22.7 Å². The third-order valence-corrected chi connectivity index (χ3v) is 6.94. The van der Waals surface area contributed by atoms with Crippen LogP contribution in [0.3, 0.4) is 0 Å². The molecular weight excluding hydrogens is 450 g/mol. The van der Waals surface area contributed by atoms with Crippen LogP contribution in [0, 0.1) is 0 Å². The van der Waals surface area contributed by atoms with Crippen LogP contribution < -0.4 is 19.7 Å². The van der Waals surface area contributed by atoms with Crippen molar-refractivity contribution in [2.45, 2.75) is 44.2 Å². The minimum absolute atomic E-state index is 0.112. The first kappa shape index (κ1) is 23.8. The van der Waals surface area contributed by atoms with Gasteiger partial charge in [0.15, 0.2) is 17.5 Å². The van der Waals surface area contributed by atoms with Crippen molar-refractivity contribution in [3.05, 3.63) is 70.7 Å². The molecule has 2 aromatic heterocycles. The molecule has 2 heterocycles. The molecule has 3 aromatic rings. The molecule has 0 aliphatic heterocycles. The number of benzene rings is 1. The number of carbonyl (C=O) groups is 2. The zero-order valence-electron chi connectivity index (χ0n) is 19.4. The van der Waals surface area contributed by atoms with E-state index < -0.39 is 6.04 Å². The van der Waals surface area contributed by atoms with Crippen molar-refractivity contribution in [1.29, 1.82) is 0 Å². The number of ether oxygens (including phenoxy) is 2. The zero-order chi connectivity index (χ0) is 23.9. The van der Waals surface area contributed by atoms with Gasteiger partial charge in [0.25, 0.3) is 5.91 Å². The normalized spacial score (nSPS) is 14.8. The molecule has 2 amide bonds. The van der Waals surface area contributed by atoms with E-state index in [0.29, 0.717) is 17.2 Å². The molecule has 0 radical (unpaired) electrons. The lowest BCUT2D eigenvalue weighted by molar-refractivity contribution is -0.123. The molecule has 4 rings (SSSR count). The predicted molar refractivity (Wildman–Crippen MR) is 133 cm³/mol. The molecule has 1 aromatic carbocycles. The quantitative estimate of drug-likeness (QED) is 0.492. The number of carbonyl (C=O) groups excluding carboxylic acids is 2. The van der Waals surface area contributed by atoms with Crippen LogP contribution in [0.15, 0.2) is 60.1 Å². The first-order valence-corrected chi connectivity index (χ1v) is 12.3. The van der Waals surface area contributed by atoms with Gasteiger partial charge in [0.1, 0.15) is 5.69 Å². The van der Waals surface area contributed by atoms with Gasteiger partial charge < -0.3 is 14.8 Å². The van der Waals surface area contributed by atoms with Gasteiger partial charge in [0.2, 0.25) is 5.91 Å². The van der Waals surface area contributed by atoms with Crippen LogP contribution in [-0.4, -0.2) is 37.1 Å². The van der Waals surface area contributed by atoms with E-state index in [2.05, 4.69) is 10.3 Å². The van der Waals surface area contributed by atoms with Crippen molar-refractivity contribution in [2.75, 3.05) is 19.1 Å². The summed E-state index contributed by atoms with van der Waals surface area (Å²) >= 11 is 1.44. The van der Waals surface area contributed by atoms with Gasteiger partial charge in [-0.05, 0) is 48.6 Å². The smallest absolute Gasteiger partial charge is 0.277 e. The molecule has 0 spiro atoms. The number of hydrogen-bond acceptors (Lipinski definition) is 6. The predicted octanol–water partition coefficient (Wildman–Crippen LogP) is 5.00. The summed E-state index contributed by atoms with van der Waals surface area (Å²) in [6.07, 6.45) is 6.86. The van der Waals surface area contributed by atoms with Gasteiger partial charge in [-0.25, -0.2) is 0 Å². The molecule has 34 heavy (non-hydrogen) atoms. The Kier molecular flexibility index (Phi) is 7.80. The lowest BCUT2D eigenvalue weighted by Gasteiger charge is -2.32. The lowest BCUT2D eigenvalue weighted by Crippen LogP contribution is -2.47. The van der Waals surface area contributed by atoms with Crippen molar-refractivity contribution in [3.63, 3.8) is 0 Å². The monoisotopic (exact) mass is 479 g/mol. The fraction of sp³-hybridized carbons (Fsp3) is 0.346. The Labute approximate surface area is 203 Å². The number of aromatic nitrogens is 1. The Morgan fingerprint density at radius 1 is 1.03 bits per heavy atom. The minimum atomic E-state index is -0.852. The Morgan fingerprint density at radius 2 is 1.82 bits per heavy atom. The topological polar surface area (TPSA) is 80.8 Å². The SMILES string of the molecule is COc1ccc(N(C(=O)c2ccccn2)[C@@H](C(=O)NC2CCCCC2)c2cccs2)cc1OC. The Balaban J connectivity index is 1.79. The highest BCUT2D eigenvalue weighted by Crippen LogP contribution is 2.37. The maximum atomic E-state index is 13.8. The van der Waals surface area contributed by atoms with E-state index in [1.54, 1.807) is 56.8 Å². The van der Waals surface area contributed by atoms with Crippen LogP contribution in [0.4, 0.5) is 5.69 Å². The van der Waals surface area contributed by atoms with Gasteiger partial charge in [0.05, 0.1) is 14.2 Å². The summed E-state index contributed by atoms with van der Waals surface area (Å²) in [6, 6.07) is 13.4. The summed E-state index contributed by atoms with van der Waals surface area (Å²) in [5.41, 5.74) is 0.773. The second kappa shape index (κ2) is 11.2. The van der Waals surface area contributed by atoms with Gasteiger partial charge in [0, 0.05) is 28.9 Å². The third-order valence-electron chi connectivity index (χ3n) is 6.02. The molecule has 1 fully saturated rings. The van der Waals surface area contributed by atoms with Gasteiger partial charge in [-0.3, -0.25) is 19.5 Å². The number of thiophene rings is 1. The number of nitrogens with one attached hydrogen (secondary N) is 1. The summed E-state index contributed by atoms with van der Waals surface area (Å²) in [5.74, 6) is 0.436. The highest BCUT2D eigenvalue weighted by Gasteiger charge is 2.36. The molecule has 1 N–H and O–H groups in total. The molecule has 0 saturated heterocycles. The van der Waals surface area contributed by atoms with E-state index in [0.717, 1.165) is 30.6 Å². The highest BCUT2D eigenvalue weighted by atomic mass is 32.1. The largest absolute Gasteiger partial charge is 0.493 e. The van der Waals surface area contributed by atoms with Crippen LogP contribution in [0.25, 0.3) is 0 Å². The molecule has 0 unspecified atom stereocenters. The van der Waals surface area contributed by atoms with Crippen LogP contribution in [-0.2, 0) is 4.79 Å². The molecule has 1 aliphatic rings. The second-order valence-corrected chi connectivity index (χ2v) is 9.17. The number of rotatable bonds is 8. The van der Waals surface area contributed by atoms with E-state index in [-0.39, 0.29) is 23.6 Å². The third kappa shape index (κ3) is 5.22. The number of hydrogen-bond donors (Lipinski definition) is 1. The maximum Gasteiger partial charge on any atom is 0.277 e. The van der Waals surface area contributed by atoms with Gasteiger partial charge in [-0.2, -0.15) is 0 Å². The van der Waals surface area contributed by atoms with Crippen LogP contribution >= 0.6 is 11.3 Å². The summed E-state index contributed by atoms with van der Waals surface area (Å²) in [4.78, 5) is 34.2. The first-order valence-electron chi connectivity index (χ1n) is 11.4. The molecule has 7 nitrogen and oxygen atoms in total. The van der Waals surface area contributed by atoms with E-state index in [4.69, 9.17) is 9.47 Å². The average molecular weight is 480 g/mol. The second-order valence-electron chi connectivity index (χ2n) is 8.19. The summed E-state index contributed by atoms with van der Waals surface area (Å²) in [5, 5.41) is 5.12. The van der Waals surface area contributed by atoms with Crippen molar-refractivity contribution in [1.82, 2.24) is 10.3 Å². The molecular formula is C26H29N3O4S. The van der Waals surface area contributed by atoms with E-state index in [9.17, 15) is 9.59 Å². The van der Waals surface area contributed by atoms with Crippen molar-refractivity contribution in [2.24, 2.45) is 0 Å². The molecule has 1 atom stereocenters. The first-order chi connectivity index (χ1) is 16.6. The van der Waals surface area contributed by atoms with Gasteiger partial charge in [-0.1, -0.05) is 31.4 Å². The fourth-order valence-electron chi connectivity index (χ4n) is 4.32. The average Bonchev–Trinajstić information content (AvgIpc) is 3.42. The summed E-state index contributed by atoms with van der Waals surface area (Å²) < 4.78 is 10.9. The number of pyridine rings is 1.